The molecule has 1 N–H and O–H groups in total. The van der Waals surface area contributed by atoms with E-state index < -0.39 is 11.4 Å². The zero-order chi connectivity index (χ0) is 22.1. The molecule has 0 spiro atoms. The number of likely N-dealkylation sites (tertiary alicyclic amines) is 1. The lowest BCUT2D eigenvalue weighted by Gasteiger charge is -2.25. The number of H-pyrrole nitrogens is 1. The third-order valence-corrected chi connectivity index (χ3v) is 5.93. The molecule has 1 atom stereocenters. The third-order valence-electron chi connectivity index (χ3n) is 5.93. The number of benzene rings is 3. The Balaban J connectivity index is 1.29. The van der Waals surface area contributed by atoms with Gasteiger partial charge in [-0.25, -0.2) is 0 Å². The molecule has 0 saturated carbocycles. The Kier molecular flexibility index (Phi) is 5.41. The fraction of sp³-hybridized carbons (Fsp3) is 0.240. The van der Waals surface area contributed by atoms with Crippen molar-refractivity contribution in [1.82, 2.24) is 10.1 Å². The second-order valence-electron chi connectivity index (χ2n) is 7.94. The minimum Gasteiger partial charge on any atom is -0.497 e. The van der Waals surface area contributed by atoms with Crippen LogP contribution in [0.1, 0.15) is 30.0 Å². The number of hydrogen-bond acceptors (Lipinski definition) is 5. The average molecular weight is 434 g/mol. The van der Waals surface area contributed by atoms with Crippen molar-refractivity contribution in [3.05, 3.63) is 88.0 Å². The Morgan fingerprint density at radius 1 is 1.12 bits per heavy atom. The van der Waals surface area contributed by atoms with E-state index in [-0.39, 0.29) is 16.7 Å². The summed E-state index contributed by atoms with van der Waals surface area (Å²) in [6, 6.07) is 19.2. The molecule has 2 heterocycles. The third kappa shape index (κ3) is 3.87. The quantitative estimate of drug-likeness (QED) is 0.440. The van der Waals surface area contributed by atoms with Gasteiger partial charge in [-0.15, -0.1) is 0 Å². The van der Waals surface area contributed by atoms with E-state index in [1.54, 1.807) is 7.11 Å². The van der Waals surface area contributed by atoms with Crippen LogP contribution in [-0.4, -0.2) is 23.7 Å². The number of methoxy groups -OCH3 is 1. The van der Waals surface area contributed by atoms with Crippen LogP contribution in [0.3, 0.4) is 0 Å². The van der Waals surface area contributed by atoms with Crippen molar-refractivity contribution in [2.24, 2.45) is 0 Å². The van der Waals surface area contributed by atoms with Crippen LogP contribution in [0.4, 0.5) is 4.39 Å². The fourth-order valence-corrected chi connectivity index (χ4v) is 4.31. The number of aromatic nitrogens is 1. The molecule has 32 heavy (non-hydrogen) atoms. The van der Waals surface area contributed by atoms with Gasteiger partial charge >= 0.3 is 0 Å². The van der Waals surface area contributed by atoms with E-state index in [4.69, 9.17) is 14.0 Å². The van der Waals surface area contributed by atoms with Gasteiger partial charge in [0.25, 0.3) is 5.56 Å². The largest absolute Gasteiger partial charge is 0.497 e. The first kappa shape index (κ1) is 20.3. The zero-order valence-corrected chi connectivity index (χ0v) is 17.6. The Hall–Kier alpha value is -3.58. The highest BCUT2D eigenvalue weighted by molar-refractivity contribution is 5.78. The first-order valence-corrected chi connectivity index (χ1v) is 10.6. The standard InChI is InChI=1S/C25H23FN2O4/c1-30-19-5-2-4-17(14-19)21-6-3-13-28(21)15-16-7-9-18(10-8-16)31-22-12-11-20-24(23(22)26)32-27-25(20)29/h2,4-5,7-12,14,21H,3,6,13,15H2,1H3,(H,27,29). The number of nitrogens with one attached hydrogen (secondary N) is 1. The summed E-state index contributed by atoms with van der Waals surface area (Å²) in [5, 5.41) is 2.29. The lowest BCUT2D eigenvalue weighted by atomic mass is 10.0. The Bertz CT molecular complexity index is 1300. The lowest BCUT2D eigenvalue weighted by Crippen LogP contribution is -2.22. The van der Waals surface area contributed by atoms with Crippen LogP contribution in [0.15, 0.2) is 70.0 Å². The van der Waals surface area contributed by atoms with E-state index in [9.17, 15) is 9.18 Å². The highest BCUT2D eigenvalue weighted by Gasteiger charge is 2.26. The Labute approximate surface area is 184 Å². The molecule has 1 fully saturated rings. The van der Waals surface area contributed by atoms with Crippen LogP contribution < -0.4 is 15.0 Å². The number of hydrogen-bond donors (Lipinski definition) is 1. The molecule has 0 bridgehead atoms. The summed E-state index contributed by atoms with van der Waals surface area (Å²) in [6.07, 6.45) is 2.27. The van der Waals surface area contributed by atoms with Crippen LogP contribution in [-0.2, 0) is 6.54 Å². The van der Waals surface area contributed by atoms with Crippen molar-refractivity contribution in [2.45, 2.75) is 25.4 Å². The number of rotatable bonds is 6. The van der Waals surface area contributed by atoms with Crippen molar-refractivity contribution < 1.29 is 18.4 Å². The molecular weight excluding hydrogens is 411 g/mol. The van der Waals surface area contributed by atoms with Gasteiger partial charge in [0, 0.05) is 12.6 Å². The highest BCUT2D eigenvalue weighted by Crippen LogP contribution is 2.35. The van der Waals surface area contributed by atoms with Gasteiger partial charge < -0.3 is 14.0 Å². The first-order valence-electron chi connectivity index (χ1n) is 10.6. The van der Waals surface area contributed by atoms with Gasteiger partial charge in [0.15, 0.2) is 5.75 Å². The Morgan fingerprint density at radius 3 is 2.78 bits per heavy atom. The van der Waals surface area contributed by atoms with Crippen molar-refractivity contribution in [1.29, 1.82) is 0 Å². The molecule has 0 radical (unpaired) electrons. The van der Waals surface area contributed by atoms with Crippen LogP contribution >= 0.6 is 0 Å². The topological polar surface area (TPSA) is 67.7 Å². The maximum atomic E-state index is 14.6. The number of halogens is 1. The molecule has 4 aromatic rings. The number of fused-ring (bicyclic) bond motifs is 1. The SMILES string of the molecule is COc1cccc(C2CCCN2Cc2ccc(Oc3ccc4c(=O)[nH]oc4c3F)cc2)c1. The lowest BCUT2D eigenvalue weighted by molar-refractivity contribution is 0.248. The summed E-state index contributed by atoms with van der Waals surface area (Å²) in [7, 11) is 1.69. The number of aromatic amines is 1. The van der Waals surface area contributed by atoms with Crippen LogP contribution in [0.5, 0.6) is 17.2 Å². The molecule has 1 aromatic heterocycles. The van der Waals surface area contributed by atoms with Crippen LogP contribution in [0.25, 0.3) is 11.0 Å². The van der Waals surface area contributed by atoms with E-state index in [2.05, 4.69) is 22.2 Å². The molecule has 5 rings (SSSR count). The zero-order valence-electron chi connectivity index (χ0n) is 17.6. The average Bonchev–Trinajstić information content (AvgIpc) is 3.44. The van der Waals surface area contributed by atoms with Gasteiger partial charge in [-0.05, 0) is 66.9 Å². The molecule has 1 unspecified atom stereocenters. The van der Waals surface area contributed by atoms with Gasteiger partial charge in [0.1, 0.15) is 11.5 Å². The second-order valence-corrected chi connectivity index (χ2v) is 7.94. The van der Waals surface area contributed by atoms with Gasteiger partial charge in [-0.3, -0.25) is 9.69 Å². The van der Waals surface area contributed by atoms with E-state index >= 15 is 0 Å². The van der Waals surface area contributed by atoms with E-state index in [1.807, 2.05) is 36.4 Å². The smallest absolute Gasteiger partial charge is 0.287 e. The molecule has 7 heteroatoms. The molecule has 0 aliphatic carbocycles. The molecule has 1 aliphatic heterocycles. The van der Waals surface area contributed by atoms with Crippen molar-refractivity contribution in [2.75, 3.05) is 13.7 Å². The van der Waals surface area contributed by atoms with Crippen molar-refractivity contribution in [3.63, 3.8) is 0 Å². The molecule has 1 saturated heterocycles. The number of ether oxygens (including phenoxy) is 2. The summed E-state index contributed by atoms with van der Waals surface area (Å²) in [5.74, 6) is 0.685. The van der Waals surface area contributed by atoms with Crippen LogP contribution in [0, 0.1) is 5.82 Å². The summed E-state index contributed by atoms with van der Waals surface area (Å²) < 4.78 is 30.6. The first-order chi connectivity index (χ1) is 15.6. The molecular formula is C25H23FN2O4. The van der Waals surface area contributed by atoms with E-state index in [0.717, 1.165) is 37.2 Å². The van der Waals surface area contributed by atoms with Gasteiger partial charge in [0.05, 0.1) is 12.5 Å². The van der Waals surface area contributed by atoms with E-state index in [1.165, 1.54) is 17.7 Å². The van der Waals surface area contributed by atoms with Gasteiger partial charge in [0.2, 0.25) is 11.4 Å². The summed E-state index contributed by atoms with van der Waals surface area (Å²) in [4.78, 5) is 14.0. The number of nitrogens with zero attached hydrogens (tertiary/aromatic N) is 1. The summed E-state index contributed by atoms with van der Waals surface area (Å²) in [6.45, 7) is 1.85. The predicted octanol–water partition coefficient (Wildman–Crippen LogP) is 5.40. The normalized spacial score (nSPS) is 16.5. The Morgan fingerprint density at radius 2 is 1.97 bits per heavy atom. The van der Waals surface area contributed by atoms with Crippen molar-refractivity contribution >= 4 is 11.0 Å². The van der Waals surface area contributed by atoms with Crippen molar-refractivity contribution in [3.8, 4) is 17.2 Å². The van der Waals surface area contributed by atoms with Crippen LogP contribution in [0.2, 0.25) is 0 Å². The summed E-state index contributed by atoms with van der Waals surface area (Å²) in [5.41, 5.74) is 1.81. The van der Waals surface area contributed by atoms with E-state index in [0.29, 0.717) is 11.8 Å². The maximum absolute atomic E-state index is 14.6. The monoisotopic (exact) mass is 434 g/mol. The molecule has 1 aliphatic rings. The molecule has 6 nitrogen and oxygen atoms in total. The van der Waals surface area contributed by atoms with Gasteiger partial charge in [-0.1, -0.05) is 24.3 Å². The minimum absolute atomic E-state index is 0.00521. The molecule has 3 aromatic carbocycles. The second kappa shape index (κ2) is 8.51. The molecule has 0 amide bonds. The summed E-state index contributed by atoms with van der Waals surface area (Å²) >= 11 is 0. The van der Waals surface area contributed by atoms with Gasteiger partial charge in [-0.2, -0.15) is 9.55 Å². The molecule has 164 valence electrons. The predicted molar refractivity (Wildman–Crippen MR) is 119 cm³/mol. The maximum Gasteiger partial charge on any atom is 0.287 e. The highest BCUT2D eigenvalue weighted by atomic mass is 19.1. The minimum atomic E-state index is -0.705. The fourth-order valence-electron chi connectivity index (χ4n) is 4.31.